The third-order valence-electron chi connectivity index (χ3n) is 10.3. The molecule has 0 aliphatic carbocycles. The van der Waals surface area contributed by atoms with E-state index in [0.717, 1.165) is 42.5 Å². The molecule has 4 aromatic rings. The van der Waals surface area contributed by atoms with Crippen LogP contribution in [-0.2, 0) is 16.1 Å². The van der Waals surface area contributed by atoms with E-state index in [1.807, 2.05) is 61.0 Å². The minimum absolute atomic E-state index is 0.0396. The largest absolute Gasteiger partial charge is 0.444 e. The van der Waals surface area contributed by atoms with Gasteiger partial charge in [-0.1, -0.05) is 12.1 Å². The van der Waals surface area contributed by atoms with Crippen LogP contribution in [0.15, 0.2) is 54.9 Å². The van der Waals surface area contributed by atoms with Gasteiger partial charge in [-0.15, -0.1) is 0 Å². The monoisotopic (exact) mass is 697 g/mol. The maximum Gasteiger partial charge on any atom is 0.410 e. The van der Waals surface area contributed by atoms with Crippen molar-refractivity contribution in [3.8, 4) is 11.1 Å². The molecule has 0 radical (unpaired) electrons. The molecule has 1 atom stereocenters. The molecule has 11 nitrogen and oxygen atoms in total. The Hall–Kier alpha value is -4.87. The van der Waals surface area contributed by atoms with Gasteiger partial charge in [-0.2, -0.15) is 5.10 Å². The van der Waals surface area contributed by atoms with E-state index in [0.29, 0.717) is 87.5 Å². The van der Waals surface area contributed by atoms with Gasteiger partial charge in [-0.05, 0) is 93.5 Å². The molecule has 3 fully saturated rings. The third-order valence-corrected chi connectivity index (χ3v) is 10.3. The Morgan fingerprint density at radius 2 is 1.65 bits per heavy atom. The molecule has 2 aromatic carbocycles. The van der Waals surface area contributed by atoms with Gasteiger partial charge in [-0.3, -0.25) is 14.3 Å². The number of halogens is 1. The fourth-order valence-corrected chi connectivity index (χ4v) is 7.61. The number of anilines is 1. The van der Waals surface area contributed by atoms with E-state index in [1.165, 1.54) is 0 Å². The van der Waals surface area contributed by atoms with Gasteiger partial charge in [0, 0.05) is 94.7 Å². The minimum atomic E-state index is -0.536. The molecule has 3 saturated heterocycles. The maximum atomic E-state index is 16.6. The molecule has 270 valence electrons. The van der Waals surface area contributed by atoms with Crippen molar-refractivity contribution in [1.82, 2.24) is 29.5 Å². The number of aryl methyl sites for hydroxylation is 1. The normalized spacial score (nSPS) is 18.5. The zero-order chi connectivity index (χ0) is 35.7. The summed E-state index contributed by atoms with van der Waals surface area (Å²) in [6.45, 7) is 11.1. The second-order valence-corrected chi connectivity index (χ2v) is 15.0. The van der Waals surface area contributed by atoms with E-state index in [4.69, 9.17) is 4.74 Å². The molecule has 0 spiro atoms. The van der Waals surface area contributed by atoms with Crippen LogP contribution in [0.5, 0.6) is 0 Å². The van der Waals surface area contributed by atoms with E-state index in [2.05, 4.69) is 27.1 Å². The number of hydrogen-bond acceptors (Lipinski definition) is 6. The number of piperidine rings is 1. The zero-order valence-corrected chi connectivity index (χ0v) is 29.9. The number of nitrogens with one attached hydrogen (secondary N) is 1. The van der Waals surface area contributed by atoms with Crippen molar-refractivity contribution in [2.24, 2.45) is 0 Å². The molecule has 3 amide bonds. The second kappa shape index (κ2) is 14.4. The van der Waals surface area contributed by atoms with Crippen molar-refractivity contribution in [3.63, 3.8) is 0 Å². The fraction of sp³-hybridized carbons (Fsp3) is 0.487. The first-order valence-corrected chi connectivity index (χ1v) is 18.3. The second-order valence-electron chi connectivity index (χ2n) is 15.0. The number of aromatic amines is 1. The lowest BCUT2D eigenvalue weighted by Gasteiger charge is -2.36. The number of hydrogen-bond donors (Lipinski definition) is 1. The van der Waals surface area contributed by atoms with Gasteiger partial charge in [0.25, 0.3) is 5.91 Å². The van der Waals surface area contributed by atoms with E-state index in [9.17, 15) is 14.4 Å². The molecule has 3 aliphatic rings. The molecule has 5 heterocycles. The summed E-state index contributed by atoms with van der Waals surface area (Å²) in [5, 5.41) is 4.88. The van der Waals surface area contributed by atoms with Gasteiger partial charge >= 0.3 is 6.09 Å². The number of nitrogens with zero attached hydrogens (tertiary/aromatic N) is 6. The van der Waals surface area contributed by atoms with E-state index in [-0.39, 0.29) is 29.6 Å². The van der Waals surface area contributed by atoms with Crippen molar-refractivity contribution < 1.29 is 23.5 Å². The predicted octanol–water partition coefficient (Wildman–Crippen LogP) is 6.26. The lowest BCUT2D eigenvalue weighted by Crippen LogP contribution is -2.50. The predicted molar refractivity (Wildman–Crippen MR) is 194 cm³/mol. The Kier molecular flexibility index (Phi) is 9.76. The number of fused-ring (bicyclic) bond motifs is 1. The topological polar surface area (TPSA) is 107 Å². The molecule has 2 aromatic heterocycles. The lowest BCUT2D eigenvalue weighted by atomic mass is 9.87. The Morgan fingerprint density at radius 3 is 2.33 bits per heavy atom. The number of benzene rings is 2. The molecule has 7 rings (SSSR count). The lowest BCUT2D eigenvalue weighted by molar-refractivity contribution is -0.132. The van der Waals surface area contributed by atoms with Crippen LogP contribution < -0.4 is 4.90 Å². The standard InChI is InChI=1S/C39H48FN7O4/c1-39(2,3)51-38(50)45-22-20-43(21-23-45)29-11-9-27(10-12-29)30-24-31(28-8-6-17-46(26-28)34(48)13-19-47-18-7-14-41-47)35(40)36-32(30)25-33(42-36)37(49)44-15-4-5-16-44/h7,9-12,14,18,24-25,28,42H,4-6,8,13,15-17,19-23,26H2,1-3H3/t28-/m0/s1. The highest BCUT2D eigenvalue weighted by Gasteiger charge is 2.31. The number of amides is 3. The first-order valence-electron chi connectivity index (χ1n) is 18.3. The molecule has 0 unspecified atom stereocenters. The summed E-state index contributed by atoms with van der Waals surface area (Å²) < 4.78 is 23.9. The Bertz CT molecular complexity index is 1870. The van der Waals surface area contributed by atoms with Crippen molar-refractivity contribution >= 4 is 34.5 Å². The van der Waals surface area contributed by atoms with Gasteiger partial charge in [-0.25, -0.2) is 9.18 Å². The summed E-state index contributed by atoms with van der Waals surface area (Å²) in [4.78, 5) is 50.2. The van der Waals surface area contributed by atoms with Crippen LogP contribution in [0.25, 0.3) is 22.0 Å². The van der Waals surface area contributed by atoms with Crippen molar-refractivity contribution in [2.75, 3.05) is 57.3 Å². The number of aromatic nitrogens is 3. The first-order chi connectivity index (χ1) is 24.5. The smallest absolute Gasteiger partial charge is 0.410 e. The van der Waals surface area contributed by atoms with Crippen molar-refractivity contribution in [1.29, 1.82) is 0 Å². The number of rotatable bonds is 7. The number of ether oxygens (including phenoxy) is 1. The number of H-pyrrole nitrogens is 1. The van der Waals surface area contributed by atoms with Crippen molar-refractivity contribution in [2.45, 2.75) is 70.9 Å². The molecular weight excluding hydrogens is 649 g/mol. The quantitative estimate of drug-likeness (QED) is 0.245. The highest BCUT2D eigenvalue weighted by atomic mass is 19.1. The molecular formula is C39H48FN7O4. The van der Waals surface area contributed by atoms with Crippen LogP contribution >= 0.6 is 0 Å². The molecule has 1 N–H and O–H groups in total. The Labute approximate surface area is 298 Å². The van der Waals surface area contributed by atoms with Gasteiger partial charge in [0.2, 0.25) is 5.91 Å². The molecule has 0 bridgehead atoms. The molecule has 0 saturated carbocycles. The van der Waals surface area contributed by atoms with Crippen LogP contribution in [0.1, 0.15) is 74.8 Å². The Balaban J connectivity index is 1.15. The highest BCUT2D eigenvalue weighted by molar-refractivity contribution is 6.03. The number of carbonyl (C=O) groups excluding carboxylic acids is 3. The van der Waals surface area contributed by atoms with Gasteiger partial charge in [0.1, 0.15) is 11.3 Å². The number of likely N-dealkylation sites (tertiary alicyclic amines) is 2. The summed E-state index contributed by atoms with van der Waals surface area (Å²) in [6, 6.07) is 13.8. The van der Waals surface area contributed by atoms with E-state index in [1.54, 1.807) is 21.8 Å². The van der Waals surface area contributed by atoms with E-state index < -0.39 is 5.60 Å². The fourth-order valence-electron chi connectivity index (χ4n) is 7.61. The summed E-state index contributed by atoms with van der Waals surface area (Å²) in [7, 11) is 0. The maximum absolute atomic E-state index is 16.6. The van der Waals surface area contributed by atoms with Crippen LogP contribution in [0, 0.1) is 5.82 Å². The third kappa shape index (κ3) is 7.60. The zero-order valence-electron chi connectivity index (χ0n) is 29.9. The van der Waals surface area contributed by atoms with Gasteiger partial charge in [0.15, 0.2) is 5.82 Å². The van der Waals surface area contributed by atoms with Gasteiger partial charge < -0.3 is 29.3 Å². The van der Waals surface area contributed by atoms with Gasteiger partial charge in [0.05, 0.1) is 5.52 Å². The highest BCUT2D eigenvalue weighted by Crippen LogP contribution is 2.39. The van der Waals surface area contributed by atoms with Crippen LogP contribution in [0.3, 0.4) is 0 Å². The average molecular weight is 698 g/mol. The van der Waals surface area contributed by atoms with E-state index >= 15 is 4.39 Å². The van der Waals surface area contributed by atoms with Crippen LogP contribution in [0.4, 0.5) is 14.9 Å². The number of carbonyl (C=O) groups is 3. The molecule has 3 aliphatic heterocycles. The summed E-state index contributed by atoms with van der Waals surface area (Å²) >= 11 is 0. The summed E-state index contributed by atoms with van der Waals surface area (Å²) in [5.41, 5.74) is 3.55. The van der Waals surface area contributed by atoms with Crippen molar-refractivity contribution in [3.05, 3.63) is 71.9 Å². The summed E-state index contributed by atoms with van der Waals surface area (Å²) in [6.07, 6.45) is 7.07. The summed E-state index contributed by atoms with van der Waals surface area (Å²) in [5.74, 6) is -0.609. The molecule has 51 heavy (non-hydrogen) atoms. The minimum Gasteiger partial charge on any atom is -0.444 e. The van der Waals surface area contributed by atoms with Crippen LogP contribution in [-0.4, -0.2) is 105 Å². The average Bonchev–Trinajstić information content (AvgIpc) is 3.94. The SMILES string of the molecule is CC(C)(C)OC(=O)N1CCN(c2ccc(-c3cc([C@H]4CCCN(C(=O)CCn5cccn5)C4)c(F)c4[nH]c(C(=O)N5CCCC5)cc34)cc2)CC1. The first kappa shape index (κ1) is 34.6. The van der Waals surface area contributed by atoms with Crippen LogP contribution in [0.2, 0.25) is 0 Å². The number of piperazine rings is 1. The Morgan fingerprint density at radius 1 is 0.922 bits per heavy atom. The molecule has 12 heteroatoms.